The normalized spacial score (nSPS) is 25.2. The topological polar surface area (TPSA) is 112 Å². The standard InChI is InChI=1S/C27H40N6O5/c1-18(2)32-24-6-4-5-7-25(24)33(27(32)37)38-26(36)28-20-14-21-8-9-22(15-20)31(21)17-23(35)16-29-10-12-30(13-11-29)19(3)34/h4-7,18,20-23,35H,8-17H2,1-3H3,(H,28,36)/t20?,21-,22+,23-/m0/s1. The molecule has 1 aromatic heterocycles. The molecular weight excluding hydrogens is 488 g/mol. The molecule has 0 saturated carbocycles. The highest BCUT2D eigenvalue weighted by Gasteiger charge is 2.42. The molecule has 11 heteroatoms. The number of rotatable bonds is 7. The first-order chi connectivity index (χ1) is 18.2. The van der Waals surface area contributed by atoms with Gasteiger partial charge in [0.05, 0.1) is 11.6 Å². The minimum atomic E-state index is -0.624. The Bertz CT molecular complexity index is 1200. The summed E-state index contributed by atoms with van der Waals surface area (Å²) in [6.07, 6.45) is 2.59. The highest BCUT2D eigenvalue weighted by molar-refractivity contribution is 5.77. The molecule has 208 valence electrons. The molecule has 11 nitrogen and oxygen atoms in total. The van der Waals surface area contributed by atoms with E-state index in [-0.39, 0.29) is 23.7 Å². The molecule has 0 spiro atoms. The van der Waals surface area contributed by atoms with Crippen molar-refractivity contribution < 1.29 is 19.5 Å². The number of aliphatic hydroxyl groups excluding tert-OH is 1. The van der Waals surface area contributed by atoms with E-state index in [4.69, 9.17) is 4.84 Å². The van der Waals surface area contributed by atoms with Crippen LogP contribution in [0, 0.1) is 0 Å². The van der Waals surface area contributed by atoms with Gasteiger partial charge in [0.15, 0.2) is 0 Å². The summed E-state index contributed by atoms with van der Waals surface area (Å²) in [6, 6.07) is 7.79. The summed E-state index contributed by atoms with van der Waals surface area (Å²) < 4.78 is 2.71. The van der Waals surface area contributed by atoms with Crippen LogP contribution < -0.4 is 15.8 Å². The molecule has 3 fully saturated rings. The van der Waals surface area contributed by atoms with Crippen LogP contribution in [0.4, 0.5) is 4.79 Å². The maximum atomic E-state index is 13.0. The third kappa shape index (κ3) is 5.45. The number of para-hydroxylation sites is 2. The van der Waals surface area contributed by atoms with Gasteiger partial charge in [0, 0.05) is 70.4 Å². The van der Waals surface area contributed by atoms with Crippen LogP contribution in [0.5, 0.6) is 0 Å². The molecule has 3 aliphatic heterocycles. The number of nitrogens with zero attached hydrogens (tertiary/aromatic N) is 5. The van der Waals surface area contributed by atoms with Crippen molar-refractivity contribution in [3.05, 3.63) is 34.7 Å². The van der Waals surface area contributed by atoms with E-state index in [2.05, 4.69) is 15.1 Å². The van der Waals surface area contributed by atoms with Crippen LogP contribution in [-0.4, -0.2) is 105 Å². The third-order valence-electron chi connectivity index (χ3n) is 8.34. The molecule has 4 atom stereocenters. The summed E-state index contributed by atoms with van der Waals surface area (Å²) in [5, 5.41) is 13.8. The van der Waals surface area contributed by atoms with E-state index in [1.165, 1.54) is 0 Å². The first-order valence-electron chi connectivity index (χ1n) is 13.8. The fourth-order valence-electron chi connectivity index (χ4n) is 6.54. The average molecular weight is 529 g/mol. The number of benzene rings is 1. The molecule has 2 bridgehead atoms. The van der Waals surface area contributed by atoms with E-state index in [1.807, 2.05) is 36.9 Å². The molecule has 2 N–H and O–H groups in total. The van der Waals surface area contributed by atoms with Gasteiger partial charge in [0.25, 0.3) is 0 Å². The van der Waals surface area contributed by atoms with Crippen LogP contribution in [0.15, 0.2) is 29.1 Å². The van der Waals surface area contributed by atoms with Gasteiger partial charge in [-0.25, -0.2) is 9.59 Å². The van der Waals surface area contributed by atoms with Crippen molar-refractivity contribution in [1.29, 1.82) is 0 Å². The van der Waals surface area contributed by atoms with E-state index < -0.39 is 12.2 Å². The van der Waals surface area contributed by atoms with Crippen molar-refractivity contribution in [2.75, 3.05) is 39.3 Å². The number of amides is 2. The number of carbonyl (C=O) groups excluding carboxylic acids is 2. The summed E-state index contributed by atoms with van der Waals surface area (Å²) in [7, 11) is 0. The fourth-order valence-corrected chi connectivity index (χ4v) is 6.54. The van der Waals surface area contributed by atoms with Gasteiger partial charge < -0.3 is 20.2 Å². The summed E-state index contributed by atoms with van der Waals surface area (Å²) in [6.45, 7) is 9.67. The zero-order valence-electron chi connectivity index (χ0n) is 22.6. The second kappa shape index (κ2) is 11.1. The van der Waals surface area contributed by atoms with Gasteiger partial charge in [0.1, 0.15) is 5.52 Å². The van der Waals surface area contributed by atoms with Crippen LogP contribution in [0.1, 0.15) is 52.5 Å². The van der Waals surface area contributed by atoms with Crippen LogP contribution >= 0.6 is 0 Å². The van der Waals surface area contributed by atoms with Crippen molar-refractivity contribution in [1.82, 2.24) is 29.3 Å². The molecule has 0 aliphatic carbocycles. The lowest BCUT2D eigenvalue weighted by atomic mass is 9.97. The number of aliphatic hydroxyl groups is 1. The Labute approximate surface area is 222 Å². The first kappa shape index (κ1) is 26.7. The molecule has 4 heterocycles. The van der Waals surface area contributed by atoms with Gasteiger partial charge in [-0.15, -0.1) is 4.73 Å². The van der Waals surface area contributed by atoms with Gasteiger partial charge in [-0.05, 0) is 51.7 Å². The molecule has 2 aromatic rings. The Hall–Kier alpha value is -2.89. The van der Waals surface area contributed by atoms with Crippen molar-refractivity contribution in [2.24, 2.45) is 0 Å². The van der Waals surface area contributed by atoms with Crippen molar-refractivity contribution in [3.63, 3.8) is 0 Å². The van der Waals surface area contributed by atoms with E-state index in [9.17, 15) is 19.5 Å². The summed E-state index contributed by atoms with van der Waals surface area (Å²) in [5.41, 5.74) is 0.918. The molecule has 3 saturated heterocycles. The van der Waals surface area contributed by atoms with Crippen LogP contribution in [0.2, 0.25) is 0 Å². The van der Waals surface area contributed by atoms with E-state index in [1.54, 1.807) is 17.6 Å². The Balaban J connectivity index is 1.14. The summed E-state index contributed by atoms with van der Waals surface area (Å²) >= 11 is 0. The Morgan fingerprint density at radius 1 is 1.03 bits per heavy atom. The number of imidazole rings is 1. The van der Waals surface area contributed by atoms with Gasteiger partial charge in [-0.1, -0.05) is 12.1 Å². The van der Waals surface area contributed by atoms with Gasteiger partial charge in [-0.3, -0.25) is 19.2 Å². The van der Waals surface area contributed by atoms with Crippen LogP contribution in [0.3, 0.4) is 0 Å². The quantitative estimate of drug-likeness (QED) is 0.552. The van der Waals surface area contributed by atoms with E-state index in [0.717, 1.165) is 49.0 Å². The van der Waals surface area contributed by atoms with E-state index >= 15 is 0 Å². The van der Waals surface area contributed by atoms with Gasteiger partial charge in [-0.2, -0.15) is 0 Å². The number of β-amino-alcohol motifs (C(OH)–C–C–N with tert-alkyl or cyclic N) is 1. The lowest BCUT2D eigenvalue weighted by Crippen LogP contribution is -2.55. The number of hydrogen-bond donors (Lipinski definition) is 2. The Morgan fingerprint density at radius 2 is 1.66 bits per heavy atom. The first-order valence-corrected chi connectivity index (χ1v) is 13.8. The predicted octanol–water partition coefficient (Wildman–Crippen LogP) is 1.04. The molecule has 1 unspecified atom stereocenters. The average Bonchev–Trinajstić information content (AvgIpc) is 3.27. The van der Waals surface area contributed by atoms with E-state index in [0.29, 0.717) is 43.8 Å². The number of piperazine rings is 1. The predicted molar refractivity (Wildman–Crippen MR) is 143 cm³/mol. The molecule has 2 amide bonds. The highest BCUT2D eigenvalue weighted by Crippen LogP contribution is 2.35. The minimum Gasteiger partial charge on any atom is -0.390 e. The Kier molecular flexibility index (Phi) is 7.78. The smallest absolute Gasteiger partial charge is 0.390 e. The SMILES string of the molecule is CC(=O)N1CCN(C[C@H](O)CN2[C@@H]3CC[C@H]2CC(NC(=O)On2c(=O)n(C(C)C)c4ccccc42)C3)CC1. The monoisotopic (exact) mass is 528 g/mol. The molecule has 1 aromatic carbocycles. The molecule has 38 heavy (non-hydrogen) atoms. The largest absolute Gasteiger partial charge is 0.432 e. The number of fused-ring (bicyclic) bond motifs is 3. The van der Waals surface area contributed by atoms with Crippen molar-refractivity contribution >= 4 is 23.0 Å². The maximum absolute atomic E-state index is 13.0. The minimum absolute atomic E-state index is 0.0396. The second-order valence-electron chi connectivity index (χ2n) is 11.3. The fraction of sp³-hybridized carbons (Fsp3) is 0.667. The summed E-state index contributed by atoms with van der Waals surface area (Å²) in [5.74, 6) is 0.108. The number of piperidine rings is 1. The molecule has 0 radical (unpaired) electrons. The third-order valence-corrected chi connectivity index (χ3v) is 8.34. The highest BCUT2D eigenvalue weighted by atomic mass is 16.7. The lowest BCUT2D eigenvalue weighted by Gasteiger charge is -2.41. The van der Waals surface area contributed by atoms with Crippen LogP contribution in [0.25, 0.3) is 11.0 Å². The number of hydrogen-bond acceptors (Lipinski definition) is 7. The van der Waals surface area contributed by atoms with Crippen LogP contribution in [-0.2, 0) is 4.79 Å². The number of nitrogens with one attached hydrogen (secondary N) is 1. The van der Waals surface area contributed by atoms with Gasteiger partial charge in [0.2, 0.25) is 5.91 Å². The Morgan fingerprint density at radius 3 is 2.26 bits per heavy atom. The number of carbonyl (C=O) groups is 2. The zero-order chi connectivity index (χ0) is 27.0. The molecular formula is C27H40N6O5. The van der Waals surface area contributed by atoms with Crippen molar-refractivity contribution in [2.45, 2.75) is 76.7 Å². The molecule has 3 aliphatic rings. The lowest BCUT2D eigenvalue weighted by molar-refractivity contribution is -0.130. The van der Waals surface area contributed by atoms with Crippen molar-refractivity contribution in [3.8, 4) is 0 Å². The zero-order valence-corrected chi connectivity index (χ0v) is 22.6. The number of aromatic nitrogens is 2. The maximum Gasteiger partial charge on any atom is 0.432 e. The van der Waals surface area contributed by atoms with Gasteiger partial charge >= 0.3 is 11.8 Å². The molecule has 5 rings (SSSR count). The summed E-state index contributed by atoms with van der Waals surface area (Å²) in [4.78, 5) is 49.4. The second-order valence-corrected chi connectivity index (χ2v) is 11.3.